The summed E-state index contributed by atoms with van der Waals surface area (Å²) in [7, 11) is -3.13. The Kier molecular flexibility index (Phi) is 8.09. The fourth-order valence-corrected chi connectivity index (χ4v) is 3.28. The van der Waals surface area contributed by atoms with E-state index >= 15 is 0 Å². The summed E-state index contributed by atoms with van der Waals surface area (Å²) in [4.78, 5) is 12.1. The summed E-state index contributed by atoms with van der Waals surface area (Å²) in [6.07, 6.45) is 1.37. The van der Waals surface area contributed by atoms with Gasteiger partial charge in [-0.25, -0.2) is 8.42 Å². The number of nitrogens with one attached hydrogen (secondary N) is 1. The molecule has 0 aromatic heterocycles. The van der Waals surface area contributed by atoms with Gasteiger partial charge in [0.05, 0.1) is 5.75 Å². The molecule has 0 saturated heterocycles. The van der Waals surface area contributed by atoms with Crippen LogP contribution in [0, 0.1) is 0 Å². The molecule has 7 heteroatoms. The minimum Gasteiger partial charge on any atom is -0.352 e. The second-order valence-corrected chi connectivity index (χ2v) is 7.98. The largest absolute Gasteiger partial charge is 0.352 e. The quantitative estimate of drug-likeness (QED) is 0.769. The van der Waals surface area contributed by atoms with Crippen molar-refractivity contribution in [1.29, 1.82) is 0 Å². The highest BCUT2D eigenvalue weighted by Gasteiger charge is 2.13. The zero-order chi connectivity index (χ0) is 17.6. The summed E-state index contributed by atoms with van der Waals surface area (Å²) < 4.78 is 23.0. The lowest BCUT2D eigenvalue weighted by molar-refractivity contribution is -0.121. The summed E-state index contributed by atoms with van der Waals surface area (Å²) in [5.74, 6) is -0.205. The maximum absolute atomic E-state index is 12.1. The normalized spacial score (nSPS) is 12.1. The summed E-state index contributed by atoms with van der Waals surface area (Å²) in [5.41, 5.74) is 8.44. The van der Waals surface area contributed by atoms with Gasteiger partial charge >= 0.3 is 0 Å². The third-order valence-corrected chi connectivity index (χ3v) is 4.48. The van der Waals surface area contributed by atoms with Crippen LogP contribution in [0.5, 0.6) is 0 Å². The van der Waals surface area contributed by atoms with E-state index in [-0.39, 0.29) is 43.1 Å². The van der Waals surface area contributed by atoms with Crippen LogP contribution >= 0.6 is 12.4 Å². The highest BCUT2D eigenvalue weighted by atomic mass is 35.5. The number of rotatable bonds is 7. The van der Waals surface area contributed by atoms with Gasteiger partial charge in [0.1, 0.15) is 0 Å². The van der Waals surface area contributed by atoms with Crippen molar-refractivity contribution in [2.45, 2.75) is 24.8 Å². The average molecular weight is 383 g/mol. The van der Waals surface area contributed by atoms with Gasteiger partial charge in [0.25, 0.3) is 0 Å². The number of hydrogen-bond acceptors (Lipinski definition) is 4. The van der Waals surface area contributed by atoms with E-state index in [1.54, 1.807) is 12.1 Å². The average Bonchev–Trinajstić information content (AvgIpc) is 2.53. The van der Waals surface area contributed by atoms with E-state index in [0.29, 0.717) is 5.56 Å². The van der Waals surface area contributed by atoms with Crippen molar-refractivity contribution in [2.75, 3.05) is 6.26 Å². The standard InChI is InChI=1S/C18H22N2O3S.ClH/c1-24(22,23)13-16-10-6-5-9-15(16)12-20-18(21)11-17(19)14-7-3-2-4-8-14;/h2-10,17H,11-13,19H2,1H3,(H,20,21);1H. The van der Waals surface area contributed by atoms with Crippen molar-refractivity contribution in [2.24, 2.45) is 5.73 Å². The van der Waals surface area contributed by atoms with Crippen molar-refractivity contribution < 1.29 is 13.2 Å². The van der Waals surface area contributed by atoms with Crippen LogP contribution in [-0.4, -0.2) is 20.6 Å². The minimum absolute atomic E-state index is 0. The SMILES string of the molecule is CS(=O)(=O)Cc1ccccc1CNC(=O)CC(N)c1ccccc1.Cl. The molecule has 0 heterocycles. The molecule has 25 heavy (non-hydrogen) atoms. The third-order valence-electron chi connectivity index (χ3n) is 3.65. The van der Waals surface area contributed by atoms with E-state index in [2.05, 4.69) is 5.32 Å². The number of amides is 1. The van der Waals surface area contributed by atoms with Gasteiger partial charge in [0.2, 0.25) is 5.91 Å². The maximum Gasteiger partial charge on any atom is 0.222 e. The zero-order valence-electron chi connectivity index (χ0n) is 14.0. The second kappa shape index (κ2) is 9.56. The highest BCUT2D eigenvalue weighted by molar-refractivity contribution is 7.89. The Hall–Kier alpha value is -1.89. The Balaban J connectivity index is 0.00000312. The summed E-state index contributed by atoms with van der Waals surface area (Å²) in [6.45, 7) is 0.284. The summed E-state index contributed by atoms with van der Waals surface area (Å²) >= 11 is 0. The van der Waals surface area contributed by atoms with Crippen molar-refractivity contribution in [3.05, 3.63) is 71.3 Å². The highest BCUT2D eigenvalue weighted by Crippen LogP contribution is 2.14. The number of halogens is 1. The van der Waals surface area contributed by atoms with E-state index in [0.717, 1.165) is 11.1 Å². The van der Waals surface area contributed by atoms with Gasteiger partial charge in [0.15, 0.2) is 9.84 Å². The first kappa shape index (κ1) is 21.2. The van der Waals surface area contributed by atoms with E-state index < -0.39 is 9.84 Å². The zero-order valence-corrected chi connectivity index (χ0v) is 15.6. The van der Waals surface area contributed by atoms with Crippen molar-refractivity contribution in [1.82, 2.24) is 5.32 Å². The first-order valence-electron chi connectivity index (χ1n) is 7.67. The van der Waals surface area contributed by atoms with Crippen LogP contribution in [0.3, 0.4) is 0 Å². The Morgan fingerprint density at radius 1 is 1.04 bits per heavy atom. The number of carbonyl (C=O) groups excluding carboxylic acids is 1. The van der Waals surface area contributed by atoms with E-state index in [1.165, 1.54) is 6.26 Å². The Bertz CT molecular complexity index is 795. The van der Waals surface area contributed by atoms with Gasteiger partial charge in [-0.1, -0.05) is 54.6 Å². The molecular weight excluding hydrogens is 360 g/mol. The molecule has 0 radical (unpaired) electrons. The molecule has 3 N–H and O–H groups in total. The molecule has 0 saturated carbocycles. The lowest BCUT2D eigenvalue weighted by atomic mass is 10.0. The second-order valence-electron chi connectivity index (χ2n) is 5.84. The van der Waals surface area contributed by atoms with Crippen molar-refractivity contribution in [3.8, 4) is 0 Å². The number of nitrogens with two attached hydrogens (primary N) is 1. The van der Waals surface area contributed by atoms with E-state index in [9.17, 15) is 13.2 Å². The van der Waals surface area contributed by atoms with Crippen LogP contribution in [0.2, 0.25) is 0 Å². The van der Waals surface area contributed by atoms with Gasteiger partial charge in [-0.05, 0) is 16.7 Å². The van der Waals surface area contributed by atoms with Crippen LogP contribution in [-0.2, 0) is 26.9 Å². The predicted molar refractivity (Wildman–Crippen MR) is 102 cm³/mol. The molecule has 0 bridgehead atoms. The smallest absolute Gasteiger partial charge is 0.222 e. The topological polar surface area (TPSA) is 89.3 Å². The van der Waals surface area contributed by atoms with Crippen molar-refractivity contribution in [3.63, 3.8) is 0 Å². The lowest BCUT2D eigenvalue weighted by Crippen LogP contribution is -2.27. The molecule has 0 aliphatic carbocycles. The molecule has 0 fully saturated rings. The molecule has 2 aromatic rings. The number of sulfone groups is 1. The lowest BCUT2D eigenvalue weighted by Gasteiger charge is -2.13. The monoisotopic (exact) mass is 382 g/mol. The van der Waals surface area contributed by atoms with Crippen LogP contribution in [0.25, 0.3) is 0 Å². The van der Waals surface area contributed by atoms with Gasteiger partial charge in [0, 0.05) is 25.3 Å². The van der Waals surface area contributed by atoms with Gasteiger partial charge < -0.3 is 11.1 Å². The molecule has 1 amide bonds. The third kappa shape index (κ3) is 7.25. The number of benzene rings is 2. The molecule has 0 aliphatic rings. The molecule has 1 atom stereocenters. The van der Waals surface area contributed by atoms with Crippen LogP contribution < -0.4 is 11.1 Å². The van der Waals surface area contributed by atoms with Crippen LogP contribution in [0.4, 0.5) is 0 Å². The molecule has 2 rings (SSSR count). The first-order valence-corrected chi connectivity index (χ1v) is 9.73. The number of hydrogen-bond donors (Lipinski definition) is 2. The van der Waals surface area contributed by atoms with Gasteiger partial charge in [-0.15, -0.1) is 12.4 Å². The fraction of sp³-hybridized carbons (Fsp3) is 0.278. The summed E-state index contributed by atoms with van der Waals surface area (Å²) in [6, 6.07) is 16.3. The van der Waals surface area contributed by atoms with Gasteiger partial charge in [-0.3, -0.25) is 4.79 Å². The predicted octanol–water partition coefficient (Wildman–Crippen LogP) is 2.36. The molecule has 1 unspecified atom stereocenters. The van der Waals surface area contributed by atoms with Crippen LogP contribution in [0.1, 0.15) is 29.2 Å². The van der Waals surface area contributed by atoms with E-state index in [4.69, 9.17) is 5.73 Å². The molecule has 0 aliphatic heterocycles. The molecule has 136 valence electrons. The van der Waals surface area contributed by atoms with Crippen LogP contribution in [0.15, 0.2) is 54.6 Å². The van der Waals surface area contributed by atoms with Gasteiger partial charge in [-0.2, -0.15) is 0 Å². The Morgan fingerprint density at radius 3 is 2.20 bits per heavy atom. The fourth-order valence-electron chi connectivity index (χ4n) is 2.44. The first-order chi connectivity index (χ1) is 11.3. The minimum atomic E-state index is -3.13. The number of carbonyl (C=O) groups is 1. The van der Waals surface area contributed by atoms with E-state index in [1.807, 2.05) is 42.5 Å². The van der Waals surface area contributed by atoms with Crippen molar-refractivity contribution >= 4 is 28.2 Å². The molecule has 2 aromatic carbocycles. The molecule has 0 spiro atoms. The summed E-state index contributed by atoms with van der Waals surface area (Å²) in [5, 5.41) is 2.81. The molecular formula is C18H23ClN2O3S. The Labute approximate surface area is 155 Å². The Morgan fingerprint density at radius 2 is 1.60 bits per heavy atom. The molecule has 5 nitrogen and oxygen atoms in total. The maximum atomic E-state index is 12.1.